The SMILES string of the molecule is COCCC(=O)NC1(c2ccc(F)cc2F)CC1. The van der Waals surface area contributed by atoms with E-state index in [-0.39, 0.29) is 12.3 Å². The lowest BCUT2D eigenvalue weighted by Crippen LogP contribution is -2.36. The van der Waals surface area contributed by atoms with Crippen molar-refractivity contribution >= 4 is 5.91 Å². The first-order chi connectivity index (χ1) is 8.57. The molecule has 0 radical (unpaired) electrons. The largest absolute Gasteiger partial charge is 0.384 e. The van der Waals surface area contributed by atoms with Crippen LogP contribution in [0.2, 0.25) is 0 Å². The van der Waals surface area contributed by atoms with Gasteiger partial charge < -0.3 is 10.1 Å². The Morgan fingerprint density at radius 1 is 1.44 bits per heavy atom. The summed E-state index contributed by atoms with van der Waals surface area (Å²) in [6, 6.07) is 3.45. The molecule has 5 heteroatoms. The van der Waals surface area contributed by atoms with Crippen LogP contribution < -0.4 is 5.32 Å². The van der Waals surface area contributed by atoms with Crippen LogP contribution in [0.3, 0.4) is 0 Å². The molecule has 0 aromatic heterocycles. The summed E-state index contributed by atoms with van der Waals surface area (Å²) in [6.07, 6.45) is 1.59. The van der Waals surface area contributed by atoms with Crippen LogP contribution in [0.4, 0.5) is 8.78 Å². The first-order valence-electron chi connectivity index (χ1n) is 5.83. The smallest absolute Gasteiger partial charge is 0.223 e. The van der Waals surface area contributed by atoms with Gasteiger partial charge in [-0.15, -0.1) is 0 Å². The van der Waals surface area contributed by atoms with E-state index in [0.717, 1.165) is 6.07 Å². The number of amides is 1. The van der Waals surface area contributed by atoms with E-state index < -0.39 is 17.2 Å². The maximum Gasteiger partial charge on any atom is 0.223 e. The number of carbonyl (C=O) groups is 1. The standard InChI is InChI=1S/C13H15F2NO2/c1-18-7-4-12(17)16-13(5-6-13)10-3-2-9(14)8-11(10)15/h2-3,8H,4-7H2,1H3,(H,16,17). The zero-order chi connectivity index (χ0) is 13.2. The third-order valence-electron chi connectivity index (χ3n) is 3.11. The normalized spacial score (nSPS) is 16.4. The summed E-state index contributed by atoms with van der Waals surface area (Å²) < 4.78 is 31.3. The molecule has 1 aromatic carbocycles. The molecule has 0 saturated heterocycles. The highest BCUT2D eigenvalue weighted by Gasteiger charge is 2.47. The summed E-state index contributed by atoms with van der Waals surface area (Å²) >= 11 is 0. The highest BCUT2D eigenvalue weighted by Crippen LogP contribution is 2.46. The van der Waals surface area contributed by atoms with Crippen LogP contribution in [0.15, 0.2) is 18.2 Å². The van der Waals surface area contributed by atoms with E-state index >= 15 is 0 Å². The molecule has 1 N–H and O–H groups in total. The topological polar surface area (TPSA) is 38.3 Å². The van der Waals surface area contributed by atoms with Crippen LogP contribution in [0, 0.1) is 11.6 Å². The quantitative estimate of drug-likeness (QED) is 0.875. The zero-order valence-electron chi connectivity index (χ0n) is 10.1. The molecule has 1 fully saturated rings. The second-order valence-corrected chi connectivity index (χ2v) is 4.50. The van der Waals surface area contributed by atoms with E-state index in [0.29, 0.717) is 25.0 Å². The molecule has 1 amide bonds. The molecule has 0 aliphatic heterocycles. The van der Waals surface area contributed by atoms with E-state index in [1.165, 1.54) is 19.2 Å². The fourth-order valence-corrected chi connectivity index (χ4v) is 1.99. The molecule has 0 unspecified atom stereocenters. The van der Waals surface area contributed by atoms with Gasteiger partial charge in [0.1, 0.15) is 11.6 Å². The molecule has 2 rings (SSSR count). The summed E-state index contributed by atoms with van der Waals surface area (Å²) in [4.78, 5) is 11.6. The molecular formula is C13H15F2NO2. The number of rotatable bonds is 5. The Morgan fingerprint density at radius 3 is 2.72 bits per heavy atom. The molecule has 1 aliphatic carbocycles. The van der Waals surface area contributed by atoms with Crippen LogP contribution >= 0.6 is 0 Å². The Balaban J connectivity index is 2.09. The van der Waals surface area contributed by atoms with Gasteiger partial charge in [0, 0.05) is 25.2 Å². The lowest BCUT2D eigenvalue weighted by Gasteiger charge is -2.18. The minimum atomic E-state index is -0.650. The molecule has 18 heavy (non-hydrogen) atoms. The van der Waals surface area contributed by atoms with E-state index in [1.807, 2.05) is 0 Å². The summed E-state index contributed by atoms with van der Waals surface area (Å²) in [5.74, 6) is -1.41. The van der Waals surface area contributed by atoms with Gasteiger partial charge in [-0.3, -0.25) is 4.79 Å². The second-order valence-electron chi connectivity index (χ2n) is 4.50. The van der Waals surface area contributed by atoms with Crippen LogP contribution in [-0.4, -0.2) is 19.6 Å². The highest BCUT2D eigenvalue weighted by molar-refractivity contribution is 5.77. The number of hydrogen-bond acceptors (Lipinski definition) is 2. The van der Waals surface area contributed by atoms with Crippen molar-refractivity contribution in [3.8, 4) is 0 Å². The van der Waals surface area contributed by atoms with Crippen LogP contribution in [0.1, 0.15) is 24.8 Å². The van der Waals surface area contributed by atoms with Gasteiger partial charge in [0.15, 0.2) is 0 Å². The lowest BCUT2D eigenvalue weighted by atomic mass is 10.0. The van der Waals surface area contributed by atoms with Crippen LogP contribution in [0.5, 0.6) is 0 Å². The number of halogens is 2. The predicted molar refractivity (Wildman–Crippen MR) is 61.9 cm³/mol. The molecule has 0 atom stereocenters. The van der Waals surface area contributed by atoms with Crippen molar-refractivity contribution in [3.63, 3.8) is 0 Å². The molecule has 3 nitrogen and oxygen atoms in total. The number of methoxy groups -OCH3 is 1. The fourth-order valence-electron chi connectivity index (χ4n) is 1.99. The average molecular weight is 255 g/mol. The highest BCUT2D eigenvalue weighted by atomic mass is 19.1. The van der Waals surface area contributed by atoms with Gasteiger partial charge in [0.25, 0.3) is 0 Å². The average Bonchev–Trinajstić information content (AvgIpc) is 3.06. The summed E-state index contributed by atoms with van der Waals surface area (Å²) in [6.45, 7) is 0.327. The lowest BCUT2D eigenvalue weighted by molar-refractivity contribution is -0.123. The Bertz CT molecular complexity index is 458. The van der Waals surface area contributed by atoms with Crippen molar-refractivity contribution in [1.29, 1.82) is 0 Å². The molecule has 1 aromatic rings. The first-order valence-corrected chi connectivity index (χ1v) is 5.83. The molecule has 1 aliphatic rings. The van der Waals surface area contributed by atoms with Gasteiger partial charge in [-0.2, -0.15) is 0 Å². The monoisotopic (exact) mass is 255 g/mol. The summed E-state index contributed by atoms with van der Waals surface area (Å²) in [5.41, 5.74) is -0.294. The number of ether oxygens (including phenoxy) is 1. The zero-order valence-corrected chi connectivity index (χ0v) is 10.1. The fraction of sp³-hybridized carbons (Fsp3) is 0.462. The van der Waals surface area contributed by atoms with E-state index in [1.54, 1.807) is 0 Å². The summed E-state index contributed by atoms with van der Waals surface area (Å²) in [5, 5.41) is 2.80. The van der Waals surface area contributed by atoms with Gasteiger partial charge in [-0.1, -0.05) is 6.07 Å². The molecule has 0 heterocycles. The van der Waals surface area contributed by atoms with E-state index in [9.17, 15) is 13.6 Å². The maximum absolute atomic E-state index is 13.7. The molecular weight excluding hydrogens is 240 g/mol. The van der Waals surface area contributed by atoms with Gasteiger partial charge in [0.2, 0.25) is 5.91 Å². The third kappa shape index (κ3) is 2.67. The van der Waals surface area contributed by atoms with Crippen molar-refractivity contribution in [2.45, 2.75) is 24.8 Å². The van der Waals surface area contributed by atoms with Gasteiger partial charge >= 0.3 is 0 Å². The number of benzene rings is 1. The van der Waals surface area contributed by atoms with Crippen molar-refractivity contribution < 1.29 is 18.3 Å². The van der Waals surface area contributed by atoms with Crippen LogP contribution in [0.25, 0.3) is 0 Å². The third-order valence-corrected chi connectivity index (χ3v) is 3.11. The Labute approximate surface area is 104 Å². The molecule has 0 spiro atoms. The van der Waals surface area contributed by atoms with Gasteiger partial charge in [0.05, 0.1) is 12.1 Å². The van der Waals surface area contributed by atoms with Crippen molar-refractivity contribution in [2.75, 3.05) is 13.7 Å². The molecule has 98 valence electrons. The van der Waals surface area contributed by atoms with E-state index in [4.69, 9.17) is 4.74 Å². The molecule has 0 bridgehead atoms. The first kappa shape index (κ1) is 13.0. The Morgan fingerprint density at radius 2 is 2.17 bits per heavy atom. The van der Waals surface area contributed by atoms with Gasteiger partial charge in [-0.05, 0) is 18.9 Å². The summed E-state index contributed by atoms with van der Waals surface area (Å²) in [7, 11) is 1.51. The van der Waals surface area contributed by atoms with E-state index in [2.05, 4.69) is 5.32 Å². The Hall–Kier alpha value is -1.49. The second kappa shape index (κ2) is 5.02. The number of carbonyl (C=O) groups excluding carboxylic acids is 1. The predicted octanol–water partition coefficient (Wildman–Crippen LogP) is 2.11. The molecule has 1 saturated carbocycles. The Kier molecular flexibility index (Phi) is 3.61. The van der Waals surface area contributed by atoms with Crippen molar-refractivity contribution in [3.05, 3.63) is 35.4 Å². The minimum Gasteiger partial charge on any atom is -0.384 e. The van der Waals surface area contributed by atoms with Crippen molar-refractivity contribution in [2.24, 2.45) is 0 Å². The van der Waals surface area contributed by atoms with Crippen LogP contribution in [-0.2, 0) is 15.1 Å². The number of nitrogens with one attached hydrogen (secondary N) is 1. The number of hydrogen-bond donors (Lipinski definition) is 1. The van der Waals surface area contributed by atoms with Crippen molar-refractivity contribution in [1.82, 2.24) is 5.32 Å². The minimum absolute atomic E-state index is 0.182. The maximum atomic E-state index is 13.7. The van der Waals surface area contributed by atoms with Gasteiger partial charge in [-0.25, -0.2) is 8.78 Å².